The lowest BCUT2D eigenvalue weighted by Gasteiger charge is -2.12. The number of nitrogens with zero attached hydrogens (tertiary/aromatic N) is 1. The van der Waals surface area contributed by atoms with Gasteiger partial charge in [0.25, 0.3) is 0 Å². The summed E-state index contributed by atoms with van der Waals surface area (Å²) in [7, 11) is 0. The summed E-state index contributed by atoms with van der Waals surface area (Å²) >= 11 is 3.46. The first kappa shape index (κ1) is 11.9. The van der Waals surface area contributed by atoms with Crippen LogP contribution in [0.4, 0.5) is 0 Å². The lowest BCUT2D eigenvalue weighted by Crippen LogP contribution is -2.01. The second kappa shape index (κ2) is 4.52. The molecule has 0 amide bonds. The molecule has 0 saturated carbocycles. The first-order chi connectivity index (χ1) is 9.20. The molecule has 1 heterocycles. The third-order valence-corrected chi connectivity index (χ3v) is 3.79. The number of hydrogen-bond acceptors (Lipinski definition) is 3. The maximum atomic E-state index is 11.8. The van der Waals surface area contributed by atoms with Crippen LogP contribution < -0.4 is 0 Å². The van der Waals surface area contributed by atoms with E-state index in [0.717, 1.165) is 15.6 Å². The molecule has 1 aliphatic rings. The van der Waals surface area contributed by atoms with Gasteiger partial charge < -0.3 is 4.74 Å². The standard InChI is InChI=1S/C15H8BrNO2/c16-12-3-1-2-11-13(12)14(19-15(11)18)10-6-4-9(8-17)5-7-10/h1-7,14H. The molecule has 92 valence electrons. The summed E-state index contributed by atoms with van der Waals surface area (Å²) < 4.78 is 6.27. The minimum atomic E-state index is -0.411. The minimum absolute atomic E-state index is 0.314. The quantitative estimate of drug-likeness (QED) is 0.756. The van der Waals surface area contributed by atoms with Crippen molar-refractivity contribution in [3.63, 3.8) is 0 Å². The summed E-state index contributed by atoms with van der Waals surface area (Å²) in [6.45, 7) is 0. The van der Waals surface area contributed by atoms with Crippen molar-refractivity contribution in [2.75, 3.05) is 0 Å². The van der Waals surface area contributed by atoms with Crippen molar-refractivity contribution >= 4 is 21.9 Å². The van der Waals surface area contributed by atoms with E-state index in [-0.39, 0.29) is 5.97 Å². The predicted octanol–water partition coefficient (Wildman–Crippen LogP) is 3.58. The number of halogens is 1. The van der Waals surface area contributed by atoms with Crippen LogP contribution in [0, 0.1) is 11.3 Å². The van der Waals surface area contributed by atoms with Crippen LogP contribution in [0.1, 0.15) is 33.2 Å². The van der Waals surface area contributed by atoms with Crippen LogP contribution in [0.5, 0.6) is 0 Å². The first-order valence-electron chi connectivity index (χ1n) is 5.70. The molecule has 0 spiro atoms. The highest BCUT2D eigenvalue weighted by molar-refractivity contribution is 9.10. The Kier molecular flexibility index (Phi) is 2.84. The molecule has 0 fully saturated rings. The lowest BCUT2D eigenvalue weighted by atomic mass is 9.98. The van der Waals surface area contributed by atoms with E-state index < -0.39 is 6.10 Å². The van der Waals surface area contributed by atoms with Crippen molar-refractivity contribution in [2.24, 2.45) is 0 Å². The molecule has 0 radical (unpaired) electrons. The molecular formula is C15H8BrNO2. The van der Waals surface area contributed by atoms with E-state index in [4.69, 9.17) is 10.00 Å². The van der Waals surface area contributed by atoms with Gasteiger partial charge in [0.2, 0.25) is 0 Å². The Bertz CT molecular complexity index is 701. The van der Waals surface area contributed by atoms with Gasteiger partial charge in [-0.3, -0.25) is 0 Å². The van der Waals surface area contributed by atoms with Gasteiger partial charge in [0.1, 0.15) is 0 Å². The van der Waals surface area contributed by atoms with Gasteiger partial charge in [0.05, 0.1) is 17.2 Å². The second-order valence-electron chi connectivity index (χ2n) is 4.22. The van der Waals surface area contributed by atoms with Crippen molar-refractivity contribution in [1.82, 2.24) is 0 Å². The van der Waals surface area contributed by atoms with Gasteiger partial charge in [-0.25, -0.2) is 4.79 Å². The van der Waals surface area contributed by atoms with Crippen LogP contribution in [0.2, 0.25) is 0 Å². The fourth-order valence-electron chi connectivity index (χ4n) is 2.18. The molecule has 0 aromatic heterocycles. The largest absolute Gasteiger partial charge is 0.449 e. The Morgan fingerprint density at radius 2 is 1.89 bits per heavy atom. The van der Waals surface area contributed by atoms with E-state index >= 15 is 0 Å². The molecule has 19 heavy (non-hydrogen) atoms. The Morgan fingerprint density at radius 3 is 2.58 bits per heavy atom. The van der Waals surface area contributed by atoms with Crippen molar-refractivity contribution in [3.8, 4) is 6.07 Å². The number of carbonyl (C=O) groups excluding carboxylic acids is 1. The number of hydrogen-bond donors (Lipinski definition) is 0. The normalized spacial score (nSPS) is 16.6. The SMILES string of the molecule is N#Cc1ccc(C2OC(=O)c3cccc(Br)c32)cc1. The Balaban J connectivity index is 2.09. The second-order valence-corrected chi connectivity index (χ2v) is 5.07. The van der Waals surface area contributed by atoms with Gasteiger partial charge in [0, 0.05) is 10.0 Å². The average molecular weight is 314 g/mol. The van der Waals surface area contributed by atoms with Crippen LogP contribution in [0.3, 0.4) is 0 Å². The number of nitriles is 1. The maximum Gasteiger partial charge on any atom is 0.339 e. The Labute approximate surface area is 118 Å². The summed E-state index contributed by atoms with van der Waals surface area (Å²) in [5.74, 6) is -0.314. The van der Waals surface area contributed by atoms with Gasteiger partial charge >= 0.3 is 5.97 Å². The van der Waals surface area contributed by atoms with Crippen LogP contribution in [-0.4, -0.2) is 5.97 Å². The van der Waals surface area contributed by atoms with E-state index in [2.05, 4.69) is 22.0 Å². The van der Waals surface area contributed by atoms with Crippen LogP contribution >= 0.6 is 15.9 Å². The molecule has 3 rings (SSSR count). The summed E-state index contributed by atoms with van der Waals surface area (Å²) in [5.41, 5.74) is 2.87. The Morgan fingerprint density at radius 1 is 1.16 bits per heavy atom. The number of esters is 1. The topological polar surface area (TPSA) is 50.1 Å². The number of cyclic esters (lactones) is 1. The number of benzene rings is 2. The summed E-state index contributed by atoms with van der Waals surface area (Å²) in [6, 6.07) is 14.6. The fraction of sp³-hybridized carbons (Fsp3) is 0.0667. The van der Waals surface area contributed by atoms with E-state index in [9.17, 15) is 4.79 Å². The molecule has 0 bridgehead atoms. The van der Waals surface area contributed by atoms with Gasteiger partial charge in [-0.15, -0.1) is 0 Å². The molecule has 0 N–H and O–H groups in total. The van der Waals surface area contributed by atoms with Crippen LogP contribution in [0.25, 0.3) is 0 Å². The highest BCUT2D eigenvalue weighted by Gasteiger charge is 2.33. The highest BCUT2D eigenvalue weighted by Crippen LogP contribution is 2.39. The molecule has 1 atom stereocenters. The van der Waals surface area contributed by atoms with Crippen molar-refractivity contribution in [3.05, 3.63) is 69.2 Å². The number of rotatable bonds is 1. The maximum absolute atomic E-state index is 11.8. The van der Waals surface area contributed by atoms with Gasteiger partial charge in [-0.05, 0) is 29.8 Å². The molecule has 1 unspecified atom stereocenters. The van der Waals surface area contributed by atoms with E-state index in [1.165, 1.54) is 0 Å². The molecule has 4 heteroatoms. The fourth-order valence-corrected chi connectivity index (χ4v) is 2.75. The van der Waals surface area contributed by atoms with E-state index in [1.54, 1.807) is 18.2 Å². The molecule has 0 aliphatic carbocycles. The number of carbonyl (C=O) groups is 1. The molecule has 0 saturated heterocycles. The van der Waals surface area contributed by atoms with Gasteiger partial charge in [0.15, 0.2) is 6.10 Å². The molecule has 1 aliphatic heterocycles. The lowest BCUT2D eigenvalue weighted by molar-refractivity contribution is 0.0455. The molecular weight excluding hydrogens is 306 g/mol. The molecule has 3 nitrogen and oxygen atoms in total. The third kappa shape index (κ3) is 1.92. The van der Waals surface area contributed by atoms with Crippen LogP contribution in [-0.2, 0) is 4.74 Å². The van der Waals surface area contributed by atoms with Gasteiger partial charge in [-0.2, -0.15) is 5.26 Å². The zero-order valence-electron chi connectivity index (χ0n) is 9.76. The summed E-state index contributed by atoms with van der Waals surface area (Å²) in [4.78, 5) is 11.8. The van der Waals surface area contributed by atoms with E-state index in [0.29, 0.717) is 11.1 Å². The smallest absolute Gasteiger partial charge is 0.339 e. The molecule has 2 aromatic carbocycles. The predicted molar refractivity (Wildman–Crippen MR) is 72.6 cm³/mol. The van der Waals surface area contributed by atoms with E-state index in [1.807, 2.05) is 24.3 Å². The van der Waals surface area contributed by atoms with Gasteiger partial charge in [-0.1, -0.05) is 34.1 Å². The van der Waals surface area contributed by atoms with Crippen LogP contribution in [0.15, 0.2) is 46.9 Å². The first-order valence-corrected chi connectivity index (χ1v) is 6.49. The highest BCUT2D eigenvalue weighted by atomic mass is 79.9. The number of ether oxygens (including phenoxy) is 1. The van der Waals surface area contributed by atoms with Crippen molar-refractivity contribution < 1.29 is 9.53 Å². The van der Waals surface area contributed by atoms with Crippen molar-refractivity contribution in [2.45, 2.75) is 6.10 Å². The summed E-state index contributed by atoms with van der Waals surface area (Å²) in [5, 5.41) is 8.79. The number of fused-ring (bicyclic) bond motifs is 1. The zero-order chi connectivity index (χ0) is 13.4. The summed E-state index contributed by atoms with van der Waals surface area (Å²) in [6.07, 6.45) is -0.411. The monoisotopic (exact) mass is 313 g/mol. The zero-order valence-corrected chi connectivity index (χ0v) is 11.3. The van der Waals surface area contributed by atoms with Crippen molar-refractivity contribution in [1.29, 1.82) is 5.26 Å². The Hall–Kier alpha value is -2.12. The third-order valence-electron chi connectivity index (χ3n) is 3.10. The molecule has 2 aromatic rings. The average Bonchev–Trinajstić information content (AvgIpc) is 2.78. The minimum Gasteiger partial charge on any atom is -0.449 e.